The number of ether oxygens (including phenoxy) is 1. The maximum atomic E-state index is 5.79. The molecule has 2 aromatic rings. The third-order valence-corrected chi connectivity index (χ3v) is 3.66. The highest BCUT2D eigenvalue weighted by molar-refractivity contribution is 5.96. The third kappa shape index (κ3) is 5.88. The van der Waals surface area contributed by atoms with E-state index >= 15 is 0 Å². The van der Waals surface area contributed by atoms with E-state index in [2.05, 4.69) is 49.2 Å². The maximum Gasteiger partial charge on any atom is 0.130 e. The zero-order valence-corrected chi connectivity index (χ0v) is 14.9. The van der Waals surface area contributed by atoms with Gasteiger partial charge in [-0.1, -0.05) is 59.7 Å². The molecule has 0 aliphatic heterocycles. The molecule has 0 heterocycles. The molecule has 0 spiro atoms. The average molecular weight is 319 g/mol. The summed E-state index contributed by atoms with van der Waals surface area (Å²) in [5.74, 6) is 0.864. The van der Waals surface area contributed by atoms with Crippen LogP contribution in [0.3, 0.4) is 0 Å². The Bertz CT molecular complexity index is 735. The number of benzene rings is 2. The van der Waals surface area contributed by atoms with Gasteiger partial charge in [-0.05, 0) is 51.5 Å². The van der Waals surface area contributed by atoms with Crippen LogP contribution in [0.4, 0.5) is 0 Å². The Morgan fingerprint density at radius 3 is 2.12 bits per heavy atom. The first kappa shape index (κ1) is 17.7. The Kier molecular flexibility index (Phi) is 6.56. The first-order chi connectivity index (χ1) is 11.6. The lowest BCUT2D eigenvalue weighted by atomic mass is 10.1. The fourth-order valence-electron chi connectivity index (χ4n) is 2.13. The van der Waals surface area contributed by atoms with Crippen LogP contribution in [0.15, 0.2) is 71.4 Å². The molecule has 0 aromatic heterocycles. The van der Waals surface area contributed by atoms with Crippen molar-refractivity contribution < 1.29 is 4.74 Å². The van der Waals surface area contributed by atoms with Gasteiger partial charge in [-0.2, -0.15) is 0 Å². The molecule has 0 amide bonds. The average Bonchev–Trinajstić information content (AvgIpc) is 2.59. The van der Waals surface area contributed by atoms with Crippen molar-refractivity contribution in [2.75, 3.05) is 6.61 Å². The summed E-state index contributed by atoms with van der Waals surface area (Å²) in [7, 11) is 0. The molecule has 0 fully saturated rings. The molecule has 0 aliphatic rings. The van der Waals surface area contributed by atoms with Crippen LogP contribution in [0.1, 0.15) is 30.5 Å². The van der Waals surface area contributed by atoms with Gasteiger partial charge < -0.3 is 4.74 Å². The quantitative estimate of drug-likeness (QED) is 0.620. The fourth-order valence-corrected chi connectivity index (χ4v) is 2.13. The number of nitrogens with zero attached hydrogens (tertiary/aromatic N) is 1. The minimum Gasteiger partial charge on any atom is -0.487 e. The highest BCUT2D eigenvalue weighted by atomic mass is 16.5. The number of hydrogen-bond acceptors (Lipinski definition) is 2. The molecule has 124 valence electrons. The Morgan fingerprint density at radius 1 is 0.958 bits per heavy atom. The molecule has 0 radical (unpaired) electrons. The van der Waals surface area contributed by atoms with Crippen molar-refractivity contribution in [1.82, 2.24) is 0 Å². The van der Waals surface area contributed by atoms with Crippen molar-refractivity contribution in [3.8, 4) is 5.75 Å². The largest absolute Gasteiger partial charge is 0.487 e. The molecule has 2 nitrogen and oxygen atoms in total. The van der Waals surface area contributed by atoms with E-state index in [1.807, 2.05) is 50.3 Å². The van der Waals surface area contributed by atoms with Gasteiger partial charge in [-0.3, -0.25) is 4.99 Å². The van der Waals surface area contributed by atoms with E-state index in [1.54, 1.807) is 0 Å². The van der Waals surface area contributed by atoms with Crippen LogP contribution in [0, 0.1) is 13.8 Å². The van der Waals surface area contributed by atoms with Crippen LogP contribution in [0.2, 0.25) is 0 Å². The van der Waals surface area contributed by atoms with Crippen molar-refractivity contribution in [2.24, 2.45) is 4.99 Å². The molecule has 0 aliphatic carbocycles. The fraction of sp³-hybridized carbons (Fsp3) is 0.227. The second kappa shape index (κ2) is 8.88. The first-order valence-corrected chi connectivity index (χ1v) is 8.21. The van der Waals surface area contributed by atoms with Crippen molar-refractivity contribution in [3.63, 3.8) is 0 Å². The van der Waals surface area contributed by atoms with Gasteiger partial charge in [-0.25, -0.2) is 0 Å². The SMILES string of the molecule is C\C=C(COc1ccc(C)cc1)/N=C(C)/C=C/c1ccc(C)cc1. The Balaban J connectivity index is 1.95. The van der Waals surface area contributed by atoms with Gasteiger partial charge in [0.05, 0.1) is 5.70 Å². The van der Waals surface area contributed by atoms with Crippen LogP contribution < -0.4 is 4.74 Å². The lowest BCUT2D eigenvalue weighted by Gasteiger charge is -2.07. The predicted molar refractivity (Wildman–Crippen MR) is 104 cm³/mol. The Labute approximate surface area is 145 Å². The minimum absolute atomic E-state index is 0.468. The predicted octanol–water partition coefficient (Wildman–Crippen LogP) is 5.76. The second-order valence-corrected chi connectivity index (χ2v) is 5.88. The summed E-state index contributed by atoms with van der Waals surface area (Å²) in [5.41, 5.74) is 5.54. The summed E-state index contributed by atoms with van der Waals surface area (Å²) in [6, 6.07) is 16.5. The van der Waals surface area contributed by atoms with Crippen molar-refractivity contribution in [1.29, 1.82) is 0 Å². The molecule has 2 rings (SSSR count). The standard InChI is InChI=1S/C22H25NO/c1-5-21(16-24-22-14-8-18(3)9-15-22)23-19(4)10-13-20-11-6-17(2)7-12-20/h5-15H,16H2,1-4H3/b13-10+,21-5-,23-19+. The van der Waals surface area contributed by atoms with E-state index in [4.69, 9.17) is 4.74 Å². The number of rotatable bonds is 6. The molecule has 0 unspecified atom stereocenters. The molecule has 0 N–H and O–H groups in total. The maximum absolute atomic E-state index is 5.79. The summed E-state index contributed by atoms with van der Waals surface area (Å²) in [4.78, 5) is 4.63. The van der Waals surface area contributed by atoms with E-state index in [1.165, 1.54) is 16.7 Å². The van der Waals surface area contributed by atoms with Crippen LogP contribution >= 0.6 is 0 Å². The normalized spacial score (nSPS) is 12.7. The van der Waals surface area contributed by atoms with E-state index < -0.39 is 0 Å². The molecule has 2 heteroatoms. The molecular formula is C22H25NO. The number of aliphatic imine (C=N–C) groups is 1. The van der Waals surface area contributed by atoms with Gasteiger partial charge >= 0.3 is 0 Å². The van der Waals surface area contributed by atoms with Gasteiger partial charge in [0.2, 0.25) is 0 Å². The molecule has 0 saturated carbocycles. The zero-order chi connectivity index (χ0) is 17.4. The number of allylic oxidation sites excluding steroid dienone is 2. The zero-order valence-electron chi connectivity index (χ0n) is 14.9. The minimum atomic E-state index is 0.468. The van der Waals surface area contributed by atoms with Crippen molar-refractivity contribution >= 4 is 11.8 Å². The summed E-state index contributed by atoms with van der Waals surface area (Å²) in [5, 5.41) is 0. The second-order valence-electron chi connectivity index (χ2n) is 5.88. The summed E-state index contributed by atoms with van der Waals surface area (Å²) >= 11 is 0. The van der Waals surface area contributed by atoms with Crippen molar-refractivity contribution in [2.45, 2.75) is 27.7 Å². The van der Waals surface area contributed by atoms with Gasteiger partial charge in [0, 0.05) is 5.71 Å². The van der Waals surface area contributed by atoms with Crippen LogP contribution in [0.5, 0.6) is 5.75 Å². The number of aryl methyl sites for hydroxylation is 2. The monoisotopic (exact) mass is 319 g/mol. The molecule has 0 bridgehead atoms. The third-order valence-electron chi connectivity index (χ3n) is 3.66. The lowest BCUT2D eigenvalue weighted by Crippen LogP contribution is -2.01. The van der Waals surface area contributed by atoms with Crippen LogP contribution in [0.25, 0.3) is 6.08 Å². The van der Waals surface area contributed by atoms with Gasteiger partial charge in [0.15, 0.2) is 0 Å². The number of hydrogen-bond donors (Lipinski definition) is 0. The lowest BCUT2D eigenvalue weighted by molar-refractivity contribution is 0.350. The van der Waals surface area contributed by atoms with E-state index in [0.29, 0.717) is 6.61 Å². The van der Waals surface area contributed by atoms with Gasteiger partial charge in [-0.15, -0.1) is 0 Å². The van der Waals surface area contributed by atoms with E-state index in [-0.39, 0.29) is 0 Å². The molecule has 24 heavy (non-hydrogen) atoms. The first-order valence-electron chi connectivity index (χ1n) is 8.21. The van der Waals surface area contributed by atoms with Crippen LogP contribution in [-0.4, -0.2) is 12.3 Å². The molecule has 0 saturated heterocycles. The molecular weight excluding hydrogens is 294 g/mol. The summed E-state index contributed by atoms with van der Waals surface area (Å²) < 4.78 is 5.79. The summed E-state index contributed by atoms with van der Waals surface area (Å²) in [6.45, 7) is 8.60. The molecule has 2 aromatic carbocycles. The smallest absolute Gasteiger partial charge is 0.130 e. The van der Waals surface area contributed by atoms with Gasteiger partial charge in [0.1, 0.15) is 12.4 Å². The van der Waals surface area contributed by atoms with E-state index in [0.717, 1.165) is 17.2 Å². The Hall–Kier alpha value is -2.61. The highest BCUT2D eigenvalue weighted by Gasteiger charge is 1.98. The van der Waals surface area contributed by atoms with Gasteiger partial charge in [0.25, 0.3) is 0 Å². The molecule has 0 atom stereocenters. The van der Waals surface area contributed by atoms with E-state index in [9.17, 15) is 0 Å². The van der Waals surface area contributed by atoms with Crippen molar-refractivity contribution in [3.05, 3.63) is 83.1 Å². The summed E-state index contributed by atoms with van der Waals surface area (Å²) in [6.07, 6.45) is 6.09. The topological polar surface area (TPSA) is 21.6 Å². The Morgan fingerprint density at radius 2 is 1.54 bits per heavy atom. The highest BCUT2D eigenvalue weighted by Crippen LogP contribution is 2.13. The van der Waals surface area contributed by atoms with Crippen LogP contribution in [-0.2, 0) is 0 Å².